The Morgan fingerprint density at radius 1 is 1.10 bits per heavy atom. The molecule has 2 heterocycles. The normalized spacial score (nSPS) is 10.8. The lowest BCUT2D eigenvalue weighted by atomic mass is 10.1. The van der Waals surface area contributed by atoms with Crippen LogP contribution in [0.25, 0.3) is 17.0 Å². The fourth-order valence-corrected chi connectivity index (χ4v) is 3.24. The van der Waals surface area contributed by atoms with Gasteiger partial charge in [-0.15, -0.1) is 0 Å². The second-order valence-electron chi connectivity index (χ2n) is 7.08. The van der Waals surface area contributed by atoms with Crippen molar-refractivity contribution in [3.05, 3.63) is 78.1 Å². The van der Waals surface area contributed by atoms with E-state index in [1.165, 1.54) is 7.11 Å². The maximum absolute atomic E-state index is 11.7. The number of imidazole rings is 1. The number of benzene rings is 2. The predicted molar refractivity (Wildman–Crippen MR) is 118 cm³/mol. The first-order chi connectivity index (χ1) is 14.6. The second kappa shape index (κ2) is 8.24. The fourth-order valence-electron chi connectivity index (χ4n) is 3.24. The van der Waals surface area contributed by atoms with Gasteiger partial charge in [0.05, 0.1) is 12.7 Å². The molecule has 0 saturated carbocycles. The highest BCUT2D eigenvalue weighted by atomic mass is 16.5. The average molecular weight is 401 g/mol. The van der Waals surface area contributed by atoms with Crippen LogP contribution < -0.4 is 10.2 Å². The van der Waals surface area contributed by atoms with E-state index in [1.54, 1.807) is 18.3 Å². The quantitative estimate of drug-likeness (QED) is 0.495. The number of hydrogen-bond acceptors (Lipinski definition) is 6. The molecular formula is C23H23N5O2. The van der Waals surface area contributed by atoms with Crippen LogP contribution in [0.3, 0.4) is 0 Å². The van der Waals surface area contributed by atoms with Crippen molar-refractivity contribution in [2.24, 2.45) is 0 Å². The monoisotopic (exact) mass is 401 g/mol. The SMILES string of the molecule is COC(=O)c1ccc(-c2nc3ncccn3c2NCc2ccc(N(C)C)cc2)cc1. The molecule has 0 spiro atoms. The minimum Gasteiger partial charge on any atom is -0.465 e. The van der Waals surface area contributed by atoms with Crippen LogP contribution in [0.5, 0.6) is 0 Å². The number of fused-ring (bicyclic) bond motifs is 1. The lowest BCUT2D eigenvalue weighted by Crippen LogP contribution is -2.09. The van der Waals surface area contributed by atoms with Crippen LogP contribution in [0.4, 0.5) is 11.5 Å². The minimum absolute atomic E-state index is 0.363. The zero-order valence-corrected chi connectivity index (χ0v) is 17.2. The largest absolute Gasteiger partial charge is 0.465 e. The Morgan fingerprint density at radius 2 is 1.83 bits per heavy atom. The standard InChI is InChI=1S/C23H23N5O2/c1-27(2)19-11-5-16(6-12-19)15-25-21-20(26-23-24-13-4-14-28(21)23)17-7-9-18(10-8-17)22(29)30-3/h4-14,25H,15H2,1-3H3. The molecule has 0 atom stereocenters. The third kappa shape index (κ3) is 3.82. The Hall–Kier alpha value is -3.87. The molecule has 0 aliphatic carbocycles. The molecule has 0 aliphatic heterocycles. The summed E-state index contributed by atoms with van der Waals surface area (Å²) in [6, 6.07) is 17.5. The molecule has 2 aromatic heterocycles. The van der Waals surface area contributed by atoms with E-state index in [0.717, 1.165) is 28.3 Å². The number of anilines is 2. The number of hydrogen-bond donors (Lipinski definition) is 1. The molecule has 4 aromatic rings. The summed E-state index contributed by atoms with van der Waals surface area (Å²) in [6.07, 6.45) is 3.65. The van der Waals surface area contributed by atoms with Gasteiger partial charge in [-0.25, -0.2) is 14.8 Å². The van der Waals surface area contributed by atoms with E-state index in [9.17, 15) is 4.79 Å². The van der Waals surface area contributed by atoms with Crippen LogP contribution in [-0.4, -0.2) is 41.5 Å². The van der Waals surface area contributed by atoms with Crippen molar-refractivity contribution in [2.45, 2.75) is 6.54 Å². The molecule has 2 aromatic carbocycles. The van der Waals surface area contributed by atoms with Gasteiger partial charge in [-0.1, -0.05) is 24.3 Å². The summed E-state index contributed by atoms with van der Waals surface area (Å²) >= 11 is 0. The Kier molecular flexibility index (Phi) is 5.34. The smallest absolute Gasteiger partial charge is 0.337 e. The summed E-state index contributed by atoms with van der Waals surface area (Å²) in [5, 5.41) is 3.50. The molecule has 152 valence electrons. The Morgan fingerprint density at radius 3 is 2.50 bits per heavy atom. The second-order valence-corrected chi connectivity index (χ2v) is 7.08. The number of ether oxygens (including phenoxy) is 1. The maximum atomic E-state index is 11.7. The number of nitrogens with zero attached hydrogens (tertiary/aromatic N) is 4. The highest BCUT2D eigenvalue weighted by molar-refractivity contribution is 5.90. The summed E-state index contributed by atoms with van der Waals surface area (Å²) in [6.45, 7) is 0.643. The molecule has 30 heavy (non-hydrogen) atoms. The number of rotatable bonds is 6. The van der Waals surface area contributed by atoms with Gasteiger partial charge in [0.15, 0.2) is 0 Å². The van der Waals surface area contributed by atoms with Gasteiger partial charge in [0.1, 0.15) is 11.5 Å². The molecule has 1 N–H and O–H groups in total. The number of carbonyl (C=O) groups is 1. The van der Waals surface area contributed by atoms with Crippen molar-refractivity contribution in [3.8, 4) is 11.3 Å². The molecule has 7 nitrogen and oxygen atoms in total. The molecule has 0 fully saturated rings. The number of carbonyl (C=O) groups excluding carboxylic acids is 1. The molecule has 4 rings (SSSR count). The van der Waals surface area contributed by atoms with Gasteiger partial charge >= 0.3 is 5.97 Å². The van der Waals surface area contributed by atoms with E-state index in [0.29, 0.717) is 17.9 Å². The first-order valence-electron chi connectivity index (χ1n) is 9.59. The molecular weight excluding hydrogens is 378 g/mol. The van der Waals surface area contributed by atoms with Crippen molar-refractivity contribution in [2.75, 3.05) is 31.4 Å². The van der Waals surface area contributed by atoms with Crippen molar-refractivity contribution in [1.29, 1.82) is 0 Å². The Bertz CT molecular complexity index is 1160. The van der Waals surface area contributed by atoms with E-state index in [2.05, 4.69) is 39.5 Å². The highest BCUT2D eigenvalue weighted by Crippen LogP contribution is 2.29. The number of esters is 1. The first-order valence-corrected chi connectivity index (χ1v) is 9.59. The van der Waals surface area contributed by atoms with Gasteiger partial charge in [0.2, 0.25) is 5.78 Å². The molecule has 0 radical (unpaired) electrons. The van der Waals surface area contributed by atoms with Crippen LogP contribution in [0.1, 0.15) is 15.9 Å². The van der Waals surface area contributed by atoms with E-state index in [-0.39, 0.29) is 5.97 Å². The fraction of sp³-hybridized carbons (Fsp3) is 0.174. The Balaban J connectivity index is 1.66. The third-order valence-electron chi connectivity index (χ3n) is 4.90. The lowest BCUT2D eigenvalue weighted by molar-refractivity contribution is 0.0601. The van der Waals surface area contributed by atoms with E-state index >= 15 is 0 Å². The molecule has 0 unspecified atom stereocenters. The predicted octanol–water partition coefficient (Wildman–Crippen LogP) is 3.86. The van der Waals surface area contributed by atoms with Crippen molar-refractivity contribution < 1.29 is 9.53 Å². The van der Waals surface area contributed by atoms with Crippen molar-refractivity contribution in [3.63, 3.8) is 0 Å². The molecule has 0 bridgehead atoms. The zero-order valence-electron chi connectivity index (χ0n) is 17.2. The lowest BCUT2D eigenvalue weighted by Gasteiger charge is -2.13. The van der Waals surface area contributed by atoms with Gasteiger partial charge in [-0.3, -0.25) is 4.40 Å². The van der Waals surface area contributed by atoms with Crippen LogP contribution in [-0.2, 0) is 11.3 Å². The number of aromatic nitrogens is 3. The molecule has 0 amide bonds. The minimum atomic E-state index is -0.363. The van der Waals surface area contributed by atoms with Crippen LogP contribution in [0.2, 0.25) is 0 Å². The van der Waals surface area contributed by atoms with Gasteiger partial charge in [-0.2, -0.15) is 0 Å². The van der Waals surface area contributed by atoms with Gasteiger partial charge in [0.25, 0.3) is 0 Å². The van der Waals surface area contributed by atoms with Gasteiger partial charge in [-0.05, 0) is 35.9 Å². The van der Waals surface area contributed by atoms with E-state index < -0.39 is 0 Å². The zero-order chi connectivity index (χ0) is 21.1. The maximum Gasteiger partial charge on any atom is 0.337 e. The molecule has 0 aliphatic rings. The number of nitrogens with one attached hydrogen (secondary N) is 1. The summed E-state index contributed by atoms with van der Waals surface area (Å²) < 4.78 is 6.71. The highest BCUT2D eigenvalue weighted by Gasteiger charge is 2.15. The first kappa shape index (κ1) is 19.4. The van der Waals surface area contributed by atoms with Gasteiger partial charge < -0.3 is 15.0 Å². The van der Waals surface area contributed by atoms with Gasteiger partial charge in [0, 0.05) is 44.3 Å². The third-order valence-corrected chi connectivity index (χ3v) is 4.90. The number of methoxy groups -OCH3 is 1. The summed E-state index contributed by atoms with van der Waals surface area (Å²) in [7, 11) is 5.42. The summed E-state index contributed by atoms with van der Waals surface area (Å²) in [4.78, 5) is 22.9. The van der Waals surface area contributed by atoms with Crippen LogP contribution in [0, 0.1) is 0 Å². The van der Waals surface area contributed by atoms with Crippen molar-refractivity contribution >= 4 is 23.3 Å². The molecule has 0 saturated heterocycles. The Labute approximate surface area is 175 Å². The summed E-state index contributed by atoms with van der Waals surface area (Å²) in [5.74, 6) is 1.09. The summed E-state index contributed by atoms with van der Waals surface area (Å²) in [5.41, 5.74) is 4.47. The van der Waals surface area contributed by atoms with Crippen molar-refractivity contribution in [1.82, 2.24) is 14.4 Å². The van der Waals surface area contributed by atoms with E-state index in [1.807, 2.05) is 42.9 Å². The average Bonchev–Trinajstić information content (AvgIpc) is 3.16. The van der Waals surface area contributed by atoms with Crippen LogP contribution in [0.15, 0.2) is 67.0 Å². The topological polar surface area (TPSA) is 71.8 Å². The molecule has 7 heteroatoms. The van der Waals surface area contributed by atoms with Crippen LogP contribution >= 0.6 is 0 Å². The van der Waals surface area contributed by atoms with E-state index in [4.69, 9.17) is 9.72 Å².